The fourth-order valence-corrected chi connectivity index (χ4v) is 2.25. The normalized spacial score (nSPS) is 14.6. The van der Waals surface area contributed by atoms with Crippen LogP contribution in [0.5, 0.6) is 0 Å². The van der Waals surface area contributed by atoms with Crippen molar-refractivity contribution in [2.75, 3.05) is 0 Å². The van der Waals surface area contributed by atoms with Gasteiger partial charge in [0.2, 0.25) is 10.0 Å². The summed E-state index contributed by atoms with van der Waals surface area (Å²) in [6.45, 7) is 0. The Hall–Kier alpha value is -0.970. The smallest absolute Gasteiger partial charge is 0.417 e. The molecule has 0 spiro atoms. The lowest BCUT2D eigenvalue weighted by Crippen LogP contribution is -2.15. The average molecular weight is 288 g/mol. The van der Waals surface area contributed by atoms with Crippen molar-refractivity contribution in [1.82, 2.24) is 0 Å². The van der Waals surface area contributed by atoms with Crippen LogP contribution in [-0.2, 0) is 27.3 Å². The molecule has 0 bridgehead atoms. The number of alkyl halides is 3. The molecule has 1 aromatic rings. The summed E-state index contributed by atoms with van der Waals surface area (Å²) in [5.74, 6) is 0. The number of hydrogen-bond acceptors (Lipinski definition) is 4. The van der Waals surface area contributed by atoms with Crippen LogP contribution in [0.25, 0.3) is 0 Å². The molecule has 17 heavy (non-hydrogen) atoms. The first-order valence-electron chi connectivity index (χ1n) is 3.87. The van der Waals surface area contributed by atoms with Gasteiger partial charge in [0.25, 0.3) is 0 Å². The Morgan fingerprint density at radius 2 is 1.82 bits per heavy atom. The highest BCUT2D eigenvalue weighted by Crippen LogP contribution is 2.34. The fraction of sp³-hybridized carbons (Fsp3) is 0.143. The van der Waals surface area contributed by atoms with Crippen LogP contribution in [0.2, 0.25) is 0 Å². The van der Waals surface area contributed by atoms with E-state index in [1.807, 2.05) is 0 Å². The van der Waals surface area contributed by atoms with Gasteiger partial charge in [-0.2, -0.15) is 13.2 Å². The third kappa shape index (κ3) is 3.25. The number of benzene rings is 1. The predicted molar refractivity (Wildman–Crippen MR) is 50.0 cm³/mol. The number of nitrogens with two attached hydrogens (primary N) is 1. The van der Waals surface area contributed by atoms with Crippen molar-refractivity contribution in [2.24, 2.45) is 5.14 Å². The van der Waals surface area contributed by atoms with Crippen LogP contribution in [0.3, 0.4) is 0 Å². The summed E-state index contributed by atoms with van der Waals surface area (Å²) in [5.41, 5.74) is -1.45. The standard InChI is InChI=1S/C7H6F3NO4S2/c8-7(9,10)5-2-1-4(17(11,14)15)3-6(5)16(12)13/h1-3H,(H,12,13)(H2,11,14,15)/p-1. The van der Waals surface area contributed by atoms with Crippen molar-refractivity contribution in [1.29, 1.82) is 0 Å². The van der Waals surface area contributed by atoms with Gasteiger partial charge in [-0.25, -0.2) is 13.6 Å². The van der Waals surface area contributed by atoms with Crippen LogP contribution in [0.4, 0.5) is 13.2 Å². The summed E-state index contributed by atoms with van der Waals surface area (Å²) in [5, 5.41) is 4.67. The van der Waals surface area contributed by atoms with Crippen LogP contribution in [0, 0.1) is 0 Å². The first kappa shape index (κ1) is 14.1. The van der Waals surface area contributed by atoms with Crippen LogP contribution in [0.1, 0.15) is 5.56 Å². The van der Waals surface area contributed by atoms with Gasteiger partial charge in [-0.1, -0.05) is 0 Å². The maximum atomic E-state index is 12.4. The lowest BCUT2D eigenvalue weighted by atomic mass is 10.2. The highest BCUT2D eigenvalue weighted by molar-refractivity contribution is 7.89. The maximum absolute atomic E-state index is 12.4. The van der Waals surface area contributed by atoms with Crippen LogP contribution in [-0.4, -0.2) is 17.2 Å². The van der Waals surface area contributed by atoms with E-state index in [2.05, 4.69) is 5.14 Å². The first-order valence-corrected chi connectivity index (χ1v) is 6.49. The summed E-state index contributed by atoms with van der Waals surface area (Å²) >= 11 is -3.22. The summed E-state index contributed by atoms with van der Waals surface area (Å²) in [7, 11) is -4.26. The molecular formula is C7H5F3NO4S2-. The molecule has 0 heterocycles. The Kier molecular flexibility index (Phi) is 3.62. The summed E-state index contributed by atoms with van der Waals surface area (Å²) in [4.78, 5) is -1.87. The molecule has 1 unspecified atom stereocenters. The molecule has 2 N–H and O–H groups in total. The number of sulfonamides is 1. The molecule has 0 aromatic heterocycles. The summed E-state index contributed by atoms with van der Waals surface area (Å²) < 4.78 is 80.1. The van der Waals surface area contributed by atoms with Gasteiger partial charge in [0.1, 0.15) is 0 Å². The lowest BCUT2D eigenvalue weighted by Gasteiger charge is -2.15. The van der Waals surface area contributed by atoms with Gasteiger partial charge in [-0.3, -0.25) is 4.21 Å². The third-order valence-corrected chi connectivity index (χ3v) is 3.37. The van der Waals surface area contributed by atoms with E-state index in [1.165, 1.54) is 0 Å². The third-order valence-electron chi connectivity index (χ3n) is 1.77. The Morgan fingerprint density at radius 1 is 1.29 bits per heavy atom. The van der Waals surface area contributed by atoms with Gasteiger partial charge in [-0.05, 0) is 29.3 Å². The molecule has 0 amide bonds. The van der Waals surface area contributed by atoms with E-state index in [1.54, 1.807) is 0 Å². The molecule has 0 aliphatic rings. The van der Waals surface area contributed by atoms with Gasteiger partial charge in [0, 0.05) is 4.90 Å². The summed E-state index contributed by atoms with van der Waals surface area (Å²) in [6, 6.07) is 1.31. The lowest BCUT2D eigenvalue weighted by molar-refractivity contribution is -0.139. The minimum Gasteiger partial charge on any atom is -0.768 e. The fourth-order valence-electron chi connectivity index (χ4n) is 1.05. The molecular weight excluding hydrogens is 283 g/mol. The second-order valence-corrected chi connectivity index (χ2v) is 5.41. The largest absolute Gasteiger partial charge is 0.768 e. The van der Waals surface area contributed by atoms with Gasteiger partial charge >= 0.3 is 6.18 Å². The molecule has 0 fully saturated rings. The highest BCUT2D eigenvalue weighted by atomic mass is 32.2. The minimum atomic E-state index is -4.90. The zero-order valence-corrected chi connectivity index (χ0v) is 9.53. The van der Waals surface area contributed by atoms with Crippen LogP contribution in [0.15, 0.2) is 28.0 Å². The number of halogens is 3. The van der Waals surface area contributed by atoms with Crippen molar-refractivity contribution in [3.63, 3.8) is 0 Å². The van der Waals surface area contributed by atoms with E-state index in [-0.39, 0.29) is 0 Å². The molecule has 1 atom stereocenters. The van der Waals surface area contributed by atoms with E-state index in [0.29, 0.717) is 18.2 Å². The van der Waals surface area contributed by atoms with E-state index in [0.717, 1.165) is 0 Å². The zero-order valence-electron chi connectivity index (χ0n) is 7.89. The molecule has 0 aliphatic heterocycles. The number of primary sulfonamides is 1. The van der Waals surface area contributed by atoms with Gasteiger partial charge in [-0.15, -0.1) is 0 Å². The molecule has 5 nitrogen and oxygen atoms in total. The Labute approximate surface area is 96.8 Å². The quantitative estimate of drug-likeness (QED) is 0.805. The number of rotatable bonds is 2. The van der Waals surface area contributed by atoms with Crippen LogP contribution < -0.4 is 5.14 Å². The highest BCUT2D eigenvalue weighted by Gasteiger charge is 2.34. The van der Waals surface area contributed by atoms with Gasteiger partial charge in [0.05, 0.1) is 10.5 Å². The van der Waals surface area contributed by atoms with Gasteiger partial charge < -0.3 is 4.55 Å². The molecule has 0 radical (unpaired) electrons. The average Bonchev–Trinajstić information content (AvgIpc) is 2.14. The van der Waals surface area contributed by atoms with E-state index < -0.39 is 42.6 Å². The topological polar surface area (TPSA) is 100 Å². The molecule has 0 saturated heterocycles. The Balaban J connectivity index is 3.54. The van der Waals surface area contributed by atoms with Crippen molar-refractivity contribution < 1.29 is 30.4 Å². The van der Waals surface area contributed by atoms with E-state index in [4.69, 9.17) is 0 Å². The molecule has 0 saturated carbocycles. The van der Waals surface area contributed by atoms with Crippen LogP contribution >= 0.6 is 0 Å². The van der Waals surface area contributed by atoms with E-state index >= 15 is 0 Å². The number of hydrogen-bond donors (Lipinski definition) is 1. The Bertz CT molecular complexity index is 567. The second kappa shape index (κ2) is 4.37. The van der Waals surface area contributed by atoms with Crippen molar-refractivity contribution >= 4 is 21.1 Å². The van der Waals surface area contributed by atoms with Gasteiger partial charge in [0.15, 0.2) is 0 Å². The zero-order chi connectivity index (χ0) is 13.4. The predicted octanol–water partition coefficient (Wildman–Crippen LogP) is 0.591. The SMILES string of the molecule is NS(=O)(=O)c1ccc(C(F)(F)F)c(S(=O)[O-])c1. The molecule has 1 aromatic carbocycles. The van der Waals surface area contributed by atoms with Crippen molar-refractivity contribution in [3.8, 4) is 0 Å². The van der Waals surface area contributed by atoms with Crippen molar-refractivity contribution in [2.45, 2.75) is 16.0 Å². The summed E-state index contributed by atoms with van der Waals surface area (Å²) in [6.07, 6.45) is -4.90. The second-order valence-electron chi connectivity index (χ2n) is 2.94. The minimum absolute atomic E-state index is 0.352. The maximum Gasteiger partial charge on any atom is 0.417 e. The first-order chi connectivity index (χ1) is 7.53. The molecule has 96 valence electrons. The Morgan fingerprint density at radius 3 is 2.18 bits per heavy atom. The van der Waals surface area contributed by atoms with E-state index in [9.17, 15) is 30.4 Å². The molecule has 10 heteroatoms. The molecule has 0 aliphatic carbocycles. The molecule has 1 rings (SSSR count). The monoisotopic (exact) mass is 288 g/mol. The van der Waals surface area contributed by atoms with Crippen molar-refractivity contribution in [3.05, 3.63) is 23.8 Å².